The number of ether oxygens (including phenoxy) is 1. The average Bonchev–Trinajstić information content (AvgIpc) is 3.51. The summed E-state index contributed by atoms with van der Waals surface area (Å²) in [4.78, 5) is 37.5. The largest absolute Gasteiger partial charge is 0.480 e. The van der Waals surface area contributed by atoms with Gasteiger partial charge in [-0.05, 0) is 41.5 Å². The highest BCUT2D eigenvalue weighted by Gasteiger charge is 2.51. The predicted octanol–water partition coefficient (Wildman–Crippen LogP) is 4.01. The molecule has 0 aromatic heterocycles. The molecule has 1 saturated carbocycles. The Morgan fingerprint density at radius 3 is 2.29 bits per heavy atom. The van der Waals surface area contributed by atoms with Gasteiger partial charge < -0.3 is 20.1 Å². The fourth-order valence-corrected chi connectivity index (χ4v) is 5.65. The number of carboxylic acids is 1. The highest BCUT2D eigenvalue weighted by molar-refractivity contribution is 5.86. The molecule has 9 heteroatoms. The third-order valence-electron chi connectivity index (χ3n) is 7.29. The zero-order valence-corrected chi connectivity index (χ0v) is 19.0. The maximum atomic E-state index is 13.8. The lowest BCUT2D eigenvalue weighted by Gasteiger charge is -2.24. The zero-order chi connectivity index (χ0) is 24.7. The molecule has 0 spiro atoms. The smallest absolute Gasteiger partial charge is 0.407 e. The minimum atomic E-state index is -3.21. The maximum absolute atomic E-state index is 13.8. The van der Waals surface area contributed by atoms with E-state index in [1.165, 1.54) is 0 Å². The number of aliphatic carboxylic acids is 1. The summed E-state index contributed by atoms with van der Waals surface area (Å²) >= 11 is 0. The molecule has 3 aliphatic rings. The molecule has 0 radical (unpaired) electrons. The van der Waals surface area contributed by atoms with E-state index in [9.17, 15) is 28.3 Å². The number of carbonyl (C=O) groups excluding carboxylic acids is 2. The third kappa shape index (κ3) is 4.47. The number of hydrogen-bond acceptors (Lipinski definition) is 4. The summed E-state index contributed by atoms with van der Waals surface area (Å²) in [5.74, 6) is -5.91. The molecule has 2 aromatic rings. The van der Waals surface area contributed by atoms with Gasteiger partial charge in [0.1, 0.15) is 12.6 Å². The molecule has 1 aliphatic heterocycles. The van der Waals surface area contributed by atoms with Crippen molar-refractivity contribution >= 4 is 18.0 Å². The molecular weight excluding hydrogens is 458 g/mol. The minimum Gasteiger partial charge on any atom is -0.480 e. The first-order chi connectivity index (χ1) is 16.7. The van der Waals surface area contributed by atoms with E-state index in [0.717, 1.165) is 27.2 Å². The van der Waals surface area contributed by atoms with E-state index in [1.54, 1.807) is 0 Å². The molecule has 1 saturated heterocycles. The topological polar surface area (TPSA) is 95.9 Å². The molecule has 2 amide bonds. The summed E-state index contributed by atoms with van der Waals surface area (Å²) in [6.07, 6.45) is -0.329. The van der Waals surface area contributed by atoms with Crippen LogP contribution in [0.15, 0.2) is 48.5 Å². The van der Waals surface area contributed by atoms with E-state index in [1.807, 2.05) is 36.4 Å². The third-order valence-corrected chi connectivity index (χ3v) is 7.29. The van der Waals surface area contributed by atoms with Crippen LogP contribution in [0.5, 0.6) is 0 Å². The first kappa shape index (κ1) is 23.3. The fourth-order valence-electron chi connectivity index (χ4n) is 5.65. The van der Waals surface area contributed by atoms with Gasteiger partial charge in [-0.3, -0.25) is 4.79 Å². The van der Waals surface area contributed by atoms with Gasteiger partial charge >= 0.3 is 12.1 Å². The number of carbonyl (C=O) groups is 3. The van der Waals surface area contributed by atoms with Gasteiger partial charge in [0.25, 0.3) is 5.92 Å². The van der Waals surface area contributed by atoms with Crippen LogP contribution in [0.1, 0.15) is 42.7 Å². The van der Waals surface area contributed by atoms with Gasteiger partial charge in [-0.25, -0.2) is 18.4 Å². The molecule has 1 heterocycles. The second-order valence-electron chi connectivity index (χ2n) is 9.56. The summed E-state index contributed by atoms with van der Waals surface area (Å²) in [7, 11) is 0. The van der Waals surface area contributed by atoms with Crippen molar-refractivity contribution in [1.29, 1.82) is 0 Å². The summed E-state index contributed by atoms with van der Waals surface area (Å²) in [6, 6.07) is 14.2. The lowest BCUT2D eigenvalue weighted by Crippen LogP contribution is -2.44. The molecule has 2 aliphatic carbocycles. The Morgan fingerprint density at radius 2 is 1.66 bits per heavy atom. The van der Waals surface area contributed by atoms with Gasteiger partial charge in [0.2, 0.25) is 5.91 Å². The number of hydrogen-bond donors (Lipinski definition) is 2. The van der Waals surface area contributed by atoms with Crippen LogP contribution in [0.4, 0.5) is 13.6 Å². The number of likely N-dealkylation sites (tertiary alicyclic amines) is 1. The number of benzene rings is 2. The van der Waals surface area contributed by atoms with Crippen molar-refractivity contribution in [3.8, 4) is 11.1 Å². The van der Waals surface area contributed by atoms with Crippen LogP contribution in [0, 0.1) is 5.92 Å². The van der Waals surface area contributed by atoms with Crippen molar-refractivity contribution in [2.45, 2.75) is 49.6 Å². The van der Waals surface area contributed by atoms with E-state index < -0.39 is 48.8 Å². The summed E-state index contributed by atoms with van der Waals surface area (Å²) in [5, 5.41) is 12.0. The van der Waals surface area contributed by atoms with Crippen molar-refractivity contribution in [3.63, 3.8) is 0 Å². The molecule has 2 N–H and O–H groups in total. The van der Waals surface area contributed by atoms with Gasteiger partial charge in [0.05, 0.1) is 6.54 Å². The van der Waals surface area contributed by atoms with Crippen LogP contribution < -0.4 is 5.32 Å². The van der Waals surface area contributed by atoms with Gasteiger partial charge in [0.15, 0.2) is 0 Å². The zero-order valence-electron chi connectivity index (χ0n) is 19.0. The molecule has 3 atom stereocenters. The first-order valence-corrected chi connectivity index (χ1v) is 11.8. The van der Waals surface area contributed by atoms with E-state index in [2.05, 4.69) is 17.4 Å². The number of halogens is 2. The Morgan fingerprint density at radius 1 is 1.03 bits per heavy atom. The standard InChI is InChI=1S/C26H26F2N2O5/c27-26(28)12-22(24(32)33)30(14-26)23(31)15-9-10-16(11-15)29-25(34)35-13-21-19-7-3-1-5-17(19)18-6-2-4-8-20(18)21/h1-8,15-16,21-22H,9-14H2,(H,29,34)(H,32,33)/t15-,16+,22-/m0/s1. The quantitative estimate of drug-likeness (QED) is 0.669. The molecule has 35 heavy (non-hydrogen) atoms. The van der Waals surface area contributed by atoms with E-state index >= 15 is 0 Å². The number of nitrogens with zero attached hydrogens (tertiary/aromatic N) is 1. The Kier molecular flexibility index (Phi) is 5.94. The number of carboxylic acid groups (broad SMARTS) is 1. The summed E-state index contributed by atoms with van der Waals surface area (Å²) < 4.78 is 33.1. The van der Waals surface area contributed by atoms with Crippen molar-refractivity contribution in [1.82, 2.24) is 10.2 Å². The lowest BCUT2D eigenvalue weighted by molar-refractivity contribution is -0.149. The SMILES string of the molecule is O=C(N[C@@H]1CC[C@H](C(=O)N2CC(F)(F)C[C@H]2C(=O)O)C1)OCC1c2ccccc2-c2ccccc21. The van der Waals surface area contributed by atoms with Crippen LogP contribution in [0.3, 0.4) is 0 Å². The van der Waals surface area contributed by atoms with Gasteiger partial charge in [0, 0.05) is 24.3 Å². The Hall–Kier alpha value is -3.49. The van der Waals surface area contributed by atoms with Crippen LogP contribution in [-0.4, -0.2) is 59.1 Å². The molecule has 0 unspecified atom stereocenters. The lowest BCUT2D eigenvalue weighted by atomic mass is 9.98. The summed E-state index contributed by atoms with van der Waals surface area (Å²) in [5.41, 5.74) is 4.45. The van der Waals surface area contributed by atoms with Crippen molar-refractivity contribution < 1.29 is 33.0 Å². The van der Waals surface area contributed by atoms with Crippen molar-refractivity contribution in [2.75, 3.05) is 13.2 Å². The second-order valence-corrected chi connectivity index (χ2v) is 9.56. The van der Waals surface area contributed by atoms with Crippen LogP contribution in [0.2, 0.25) is 0 Å². The Balaban J connectivity index is 1.17. The number of fused-ring (bicyclic) bond motifs is 3. The molecule has 184 valence electrons. The molecule has 2 fully saturated rings. The van der Waals surface area contributed by atoms with Gasteiger partial charge in [-0.2, -0.15) is 0 Å². The number of rotatable bonds is 5. The van der Waals surface area contributed by atoms with Gasteiger partial charge in [-0.15, -0.1) is 0 Å². The molecule has 7 nitrogen and oxygen atoms in total. The monoisotopic (exact) mass is 484 g/mol. The first-order valence-electron chi connectivity index (χ1n) is 11.8. The number of amides is 2. The fraction of sp³-hybridized carbons (Fsp3) is 0.423. The minimum absolute atomic E-state index is 0.0733. The number of nitrogens with one attached hydrogen (secondary N) is 1. The highest BCUT2D eigenvalue weighted by atomic mass is 19.3. The highest BCUT2D eigenvalue weighted by Crippen LogP contribution is 2.44. The maximum Gasteiger partial charge on any atom is 0.407 e. The van der Waals surface area contributed by atoms with Crippen molar-refractivity contribution in [2.24, 2.45) is 5.92 Å². The van der Waals surface area contributed by atoms with E-state index in [0.29, 0.717) is 12.8 Å². The molecular formula is C26H26F2N2O5. The summed E-state index contributed by atoms with van der Waals surface area (Å²) in [6.45, 7) is -0.720. The van der Waals surface area contributed by atoms with Crippen LogP contribution in [-0.2, 0) is 14.3 Å². The predicted molar refractivity (Wildman–Crippen MR) is 122 cm³/mol. The second kappa shape index (κ2) is 8.94. The normalized spacial score (nSPS) is 24.6. The number of alkyl carbamates (subject to hydrolysis) is 1. The Bertz CT molecular complexity index is 1120. The number of alkyl halides is 2. The molecule has 2 aromatic carbocycles. The van der Waals surface area contributed by atoms with E-state index in [-0.39, 0.29) is 25.0 Å². The molecule has 0 bridgehead atoms. The Labute approximate surface area is 201 Å². The van der Waals surface area contributed by atoms with Crippen LogP contribution in [0.25, 0.3) is 11.1 Å². The van der Waals surface area contributed by atoms with Crippen LogP contribution >= 0.6 is 0 Å². The van der Waals surface area contributed by atoms with Gasteiger partial charge in [-0.1, -0.05) is 48.5 Å². The van der Waals surface area contributed by atoms with E-state index in [4.69, 9.17) is 4.74 Å². The molecule has 5 rings (SSSR count). The van der Waals surface area contributed by atoms with Crippen molar-refractivity contribution in [3.05, 3.63) is 59.7 Å². The average molecular weight is 484 g/mol.